The second-order valence-electron chi connectivity index (χ2n) is 6.53. The van der Waals surface area contributed by atoms with Crippen molar-refractivity contribution >= 4 is 28.5 Å². The second kappa shape index (κ2) is 8.50. The van der Waals surface area contributed by atoms with Gasteiger partial charge in [-0.15, -0.1) is 0 Å². The van der Waals surface area contributed by atoms with Gasteiger partial charge in [-0.2, -0.15) is 0 Å². The molecule has 2 heterocycles. The van der Waals surface area contributed by atoms with E-state index in [4.69, 9.17) is 10.5 Å². The van der Waals surface area contributed by atoms with Crippen molar-refractivity contribution in [1.82, 2.24) is 15.0 Å². The number of anilines is 2. The van der Waals surface area contributed by atoms with Crippen molar-refractivity contribution in [2.45, 2.75) is 6.92 Å². The summed E-state index contributed by atoms with van der Waals surface area (Å²) < 4.78 is 5.90. The number of nitrogens with two attached hydrogens (primary N) is 1. The van der Waals surface area contributed by atoms with Crippen LogP contribution in [0.2, 0.25) is 0 Å². The lowest BCUT2D eigenvalue weighted by Crippen LogP contribution is -1.97. The number of hydrogen-bond donors (Lipinski definition) is 2. The highest BCUT2D eigenvalue weighted by molar-refractivity contribution is 5.92. The molecule has 0 amide bonds. The third-order valence-electron chi connectivity index (χ3n) is 4.41. The van der Waals surface area contributed by atoms with Crippen molar-refractivity contribution in [2.24, 2.45) is 5.73 Å². The third-order valence-corrected chi connectivity index (χ3v) is 4.41. The number of hydrogen-bond acceptors (Lipinski definition) is 6. The van der Waals surface area contributed by atoms with E-state index in [0.29, 0.717) is 12.3 Å². The molecule has 0 saturated carbocycles. The molecule has 0 saturated heterocycles. The lowest BCUT2D eigenvalue weighted by atomic mass is 10.1. The van der Waals surface area contributed by atoms with Crippen LogP contribution in [-0.4, -0.2) is 21.5 Å². The molecule has 6 nitrogen and oxygen atoms in total. The molecular weight excluding hydrogens is 362 g/mol. The summed E-state index contributed by atoms with van der Waals surface area (Å²) in [5.41, 5.74) is 9.41. The van der Waals surface area contributed by atoms with Crippen LogP contribution in [0.1, 0.15) is 11.1 Å². The topological polar surface area (TPSA) is 86.0 Å². The fourth-order valence-corrected chi connectivity index (χ4v) is 2.99. The molecule has 3 N–H and O–H groups in total. The lowest BCUT2D eigenvalue weighted by molar-refractivity contribution is 0.476. The molecule has 0 unspecified atom stereocenters. The molecule has 0 atom stereocenters. The van der Waals surface area contributed by atoms with E-state index in [1.165, 1.54) is 0 Å². The van der Waals surface area contributed by atoms with Crippen molar-refractivity contribution in [3.8, 4) is 11.5 Å². The van der Waals surface area contributed by atoms with Crippen LogP contribution in [0.3, 0.4) is 0 Å². The first kappa shape index (κ1) is 18.6. The molecule has 0 aliphatic carbocycles. The van der Waals surface area contributed by atoms with Gasteiger partial charge in [0.1, 0.15) is 23.6 Å². The Kier molecular flexibility index (Phi) is 5.45. The van der Waals surface area contributed by atoms with Gasteiger partial charge in [-0.05, 0) is 60.5 Å². The SMILES string of the molecule is Cc1cc(Nc2ncnc3ccc(C=CCN)cc23)ccc1Oc1cccnc1. The predicted molar refractivity (Wildman–Crippen MR) is 116 cm³/mol. The van der Waals surface area contributed by atoms with Gasteiger partial charge in [0.15, 0.2) is 0 Å². The molecule has 0 fully saturated rings. The van der Waals surface area contributed by atoms with Crippen LogP contribution in [0, 0.1) is 6.92 Å². The van der Waals surface area contributed by atoms with Crippen LogP contribution >= 0.6 is 0 Å². The van der Waals surface area contributed by atoms with E-state index in [0.717, 1.165) is 39.3 Å². The quantitative estimate of drug-likeness (QED) is 0.495. The van der Waals surface area contributed by atoms with E-state index in [2.05, 4.69) is 26.3 Å². The maximum atomic E-state index is 5.90. The summed E-state index contributed by atoms with van der Waals surface area (Å²) in [5, 5.41) is 4.34. The molecule has 0 aliphatic heterocycles. The normalized spacial score (nSPS) is 11.1. The zero-order valence-corrected chi connectivity index (χ0v) is 16.0. The van der Waals surface area contributed by atoms with Gasteiger partial charge in [0.2, 0.25) is 0 Å². The molecule has 144 valence electrons. The minimum atomic E-state index is 0.501. The second-order valence-corrected chi connectivity index (χ2v) is 6.53. The van der Waals surface area contributed by atoms with Crippen molar-refractivity contribution in [1.29, 1.82) is 0 Å². The van der Waals surface area contributed by atoms with Crippen LogP contribution in [0.4, 0.5) is 11.5 Å². The van der Waals surface area contributed by atoms with E-state index in [1.54, 1.807) is 18.7 Å². The van der Waals surface area contributed by atoms with Crippen molar-refractivity contribution in [3.05, 3.63) is 84.5 Å². The highest BCUT2D eigenvalue weighted by Crippen LogP contribution is 2.29. The number of nitrogens with zero attached hydrogens (tertiary/aromatic N) is 3. The largest absolute Gasteiger partial charge is 0.455 e. The molecule has 0 aliphatic rings. The van der Waals surface area contributed by atoms with Gasteiger partial charge in [0.25, 0.3) is 0 Å². The van der Waals surface area contributed by atoms with Crippen LogP contribution in [0.15, 0.2) is 73.3 Å². The Morgan fingerprint density at radius 2 is 2.03 bits per heavy atom. The first-order valence-corrected chi connectivity index (χ1v) is 9.30. The summed E-state index contributed by atoms with van der Waals surface area (Å²) in [6.45, 7) is 2.51. The average molecular weight is 383 g/mol. The molecule has 0 spiro atoms. The molecule has 4 rings (SSSR count). The highest BCUT2D eigenvalue weighted by atomic mass is 16.5. The fourth-order valence-electron chi connectivity index (χ4n) is 2.99. The molecule has 6 heteroatoms. The Hall–Kier alpha value is -3.77. The third kappa shape index (κ3) is 4.39. The Balaban J connectivity index is 1.61. The average Bonchev–Trinajstić information content (AvgIpc) is 2.75. The standard InChI is InChI=1S/C23H21N5O/c1-16-12-18(7-9-22(16)29-19-5-3-11-25-14-19)28-23-20-13-17(4-2-10-24)6-8-21(20)26-15-27-23/h2-9,11-15H,10,24H2,1H3,(H,26,27,28). The van der Waals surface area contributed by atoms with Crippen LogP contribution in [-0.2, 0) is 0 Å². The molecule has 2 aromatic carbocycles. The maximum absolute atomic E-state index is 5.90. The van der Waals surface area contributed by atoms with Gasteiger partial charge >= 0.3 is 0 Å². The van der Waals surface area contributed by atoms with Gasteiger partial charge in [0, 0.05) is 23.8 Å². The summed E-state index contributed by atoms with van der Waals surface area (Å²) in [4.78, 5) is 12.9. The van der Waals surface area contributed by atoms with Gasteiger partial charge in [-0.25, -0.2) is 9.97 Å². The summed E-state index contributed by atoms with van der Waals surface area (Å²) in [6.07, 6.45) is 8.88. The monoisotopic (exact) mass is 383 g/mol. The van der Waals surface area contributed by atoms with E-state index in [-0.39, 0.29) is 0 Å². The molecule has 2 aromatic heterocycles. The number of benzene rings is 2. The number of aryl methyl sites for hydroxylation is 1. The van der Waals surface area contributed by atoms with Crippen LogP contribution in [0.5, 0.6) is 11.5 Å². The molecular formula is C23H21N5O. The zero-order chi connectivity index (χ0) is 20.1. The van der Waals surface area contributed by atoms with Gasteiger partial charge in [-0.3, -0.25) is 4.98 Å². The predicted octanol–water partition coefficient (Wildman–Crippen LogP) is 4.84. The van der Waals surface area contributed by atoms with Gasteiger partial charge in [0.05, 0.1) is 11.7 Å². The molecule has 29 heavy (non-hydrogen) atoms. The van der Waals surface area contributed by atoms with Crippen LogP contribution < -0.4 is 15.8 Å². The minimum Gasteiger partial charge on any atom is -0.455 e. The van der Waals surface area contributed by atoms with E-state index >= 15 is 0 Å². The van der Waals surface area contributed by atoms with Gasteiger partial charge < -0.3 is 15.8 Å². The number of pyridine rings is 1. The molecule has 0 bridgehead atoms. The number of nitrogens with one attached hydrogen (secondary N) is 1. The van der Waals surface area contributed by atoms with Crippen molar-refractivity contribution in [3.63, 3.8) is 0 Å². The zero-order valence-electron chi connectivity index (χ0n) is 16.0. The van der Waals surface area contributed by atoms with E-state index < -0.39 is 0 Å². The van der Waals surface area contributed by atoms with E-state index in [9.17, 15) is 0 Å². The number of rotatable bonds is 6. The van der Waals surface area contributed by atoms with Crippen molar-refractivity contribution < 1.29 is 4.74 Å². The summed E-state index contributed by atoms with van der Waals surface area (Å²) in [7, 11) is 0. The molecule has 4 aromatic rings. The highest BCUT2D eigenvalue weighted by Gasteiger charge is 2.07. The summed E-state index contributed by atoms with van der Waals surface area (Å²) in [5.74, 6) is 2.24. The first-order chi connectivity index (χ1) is 14.2. The fraction of sp³-hybridized carbons (Fsp3) is 0.0870. The first-order valence-electron chi connectivity index (χ1n) is 9.30. The number of aromatic nitrogens is 3. The smallest absolute Gasteiger partial charge is 0.145 e. The maximum Gasteiger partial charge on any atom is 0.145 e. The Morgan fingerprint density at radius 1 is 1.10 bits per heavy atom. The van der Waals surface area contributed by atoms with Gasteiger partial charge in [-0.1, -0.05) is 18.2 Å². The van der Waals surface area contributed by atoms with Crippen LogP contribution in [0.25, 0.3) is 17.0 Å². The minimum absolute atomic E-state index is 0.501. The number of ether oxygens (including phenoxy) is 1. The van der Waals surface area contributed by atoms with Crippen molar-refractivity contribution in [2.75, 3.05) is 11.9 Å². The lowest BCUT2D eigenvalue weighted by Gasteiger charge is -2.12. The van der Waals surface area contributed by atoms with E-state index in [1.807, 2.05) is 61.5 Å². The number of fused-ring (bicyclic) bond motifs is 1. The summed E-state index contributed by atoms with van der Waals surface area (Å²) >= 11 is 0. The molecule has 0 radical (unpaired) electrons. The Morgan fingerprint density at radius 3 is 2.83 bits per heavy atom. The Labute approximate surface area is 169 Å². The summed E-state index contributed by atoms with van der Waals surface area (Å²) in [6, 6.07) is 15.7. The Bertz CT molecular complexity index is 1160.